The van der Waals surface area contributed by atoms with Crippen molar-refractivity contribution in [2.24, 2.45) is 5.41 Å². The molecule has 1 rings (SSSR count). The molecule has 1 saturated heterocycles. The summed E-state index contributed by atoms with van der Waals surface area (Å²) in [6, 6.07) is 0. The van der Waals surface area contributed by atoms with Crippen molar-refractivity contribution >= 4 is 6.29 Å². The summed E-state index contributed by atoms with van der Waals surface area (Å²) < 4.78 is 11.6. The molecule has 0 atom stereocenters. The molecule has 0 radical (unpaired) electrons. The third-order valence-corrected chi connectivity index (χ3v) is 4.07. The Morgan fingerprint density at radius 2 is 1.21 bits per heavy atom. The van der Waals surface area contributed by atoms with Gasteiger partial charge in [0.05, 0.1) is 13.2 Å². The first-order valence-electron chi connectivity index (χ1n) is 9.63. The minimum Gasteiger partial charge on any atom is -0.348 e. The zero-order chi connectivity index (χ0) is 21.0. The van der Waals surface area contributed by atoms with Gasteiger partial charge in [0, 0.05) is 5.41 Å². The molecule has 1 heterocycles. The van der Waals surface area contributed by atoms with Gasteiger partial charge in [-0.25, -0.2) is 0 Å². The molecular weight excluding hydrogens is 348 g/mol. The molecule has 0 saturated carbocycles. The lowest BCUT2D eigenvalue weighted by molar-refractivity contribution is -0.202. The van der Waals surface area contributed by atoms with Gasteiger partial charge in [-0.2, -0.15) is 0 Å². The lowest BCUT2D eigenvalue weighted by atomic mass is 9.95. The van der Waals surface area contributed by atoms with E-state index in [1.165, 1.54) is 0 Å². The summed E-state index contributed by atoms with van der Waals surface area (Å²) in [5, 5.41) is 0. The normalized spacial score (nSPS) is 20.6. The fourth-order valence-corrected chi connectivity index (χ4v) is 2.30. The number of carbonyl (C=O) groups is 1. The Morgan fingerprint density at radius 1 is 0.750 bits per heavy atom. The molecule has 0 aromatic rings. The SMILES string of the molecule is C/C(=C/C=C/C(C)=C/C=C/C=C(C)/C=C/C=C(\C)C=O)C1OCC(C)(C)CO1. The summed E-state index contributed by atoms with van der Waals surface area (Å²) in [6.45, 7) is 13.6. The number of hydrogen-bond acceptors (Lipinski definition) is 3. The van der Waals surface area contributed by atoms with E-state index >= 15 is 0 Å². The van der Waals surface area contributed by atoms with Crippen molar-refractivity contribution in [2.75, 3.05) is 13.2 Å². The van der Waals surface area contributed by atoms with Crippen LogP contribution in [0.1, 0.15) is 41.5 Å². The van der Waals surface area contributed by atoms with Crippen LogP contribution in [-0.4, -0.2) is 25.8 Å². The molecule has 1 aliphatic heterocycles. The Hall–Kier alpha value is -2.23. The van der Waals surface area contributed by atoms with E-state index in [2.05, 4.69) is 32.9 Å². The number of allylic oxidation sites excluding steroid dienone is 13. The zero-order valence-corrected chi connectivity index (χ0v) is 18.1. The van der Waals surface area contributed by atoms with Gasteiger partial charge >= 0.3 is 0 Å². The molecule has 1 fully saturated rings. The number of hydrogen-bond donors (Lipinski definition) is 0. The van der Waals surface area contributed by atoms with E-state index in [0.29, 0.717) is 18.8 Å². The monoisotopic (exact) mass is 382 g/mol. The fraction of sp³-hybridized carbons (Fsp3) is 0.400. The summed E-state index contributed by atoms with van der Waals surface area (Å²) in [6.07, 6.45) is 20.4. The molecule has 1 aliphatic rings. The number of rotatable bonds is 8. The third-order valence-electron chi connectivity index (χ3n) is 4.07. The molecular formula is C25H34O3. The second-order valence-electron chi connectivity index (χ2n) is 7.98. The Balaban J connectivity index is 2.51. The van der Waals surface area contributed by atoms with Crippen LogP contribution in [0, 0.1) is 5.41 Å². The summed E-state index contributed by atoms with van der Waals surface area (Å²) in [7, 11) is 0. The summed E-state index contributed by atoms with van der Waals surface area (Å²) in [5.74, 6) is 0. The number of aldehydes is 1. The lowest BCUT2D eigenvalue weighted by Gasteiger charge is -2.34. The van der Waals surface area contributed by atoms with E-state index < -0.39 is 0 Å². The van der Waals surface area contributed by atoms with Gasteiger partial charge in [-0.15, -0.1) is 0 Å². The highest BCUT2D eigenvalue weighted by molar-refractivity contribution is 5.72. The van der Waals surface area contributed by atoms with Gasteiger partial charge in [0.2, 0.25) is 0 Å². The predicted molar refractivity (Wildman–Crippen MR) is 118 cm³/mol. The van der Waals surface area contributed by atoms with E-state index in [1.54, 1.807) is 13.0 Å². The van der Waals surface area contributed by atoms with Gasteiger partial charge in [0.1, 0.15) is 6.29 Å². The van der Waals surface area contributed by atoms with Gasteiger partial charge < -0.3 is 9.47 Å². The van der Waals surface area contributed by atoms with E-state index in [9.17, 15) is 4.79 Å². The molecule has 0 amide bonds. The van der Waals surface area contributed by atoms with Crippen LogP contribution in [0.15, 0.2) is 83.1 Å². The molecule has 0 unspecified atom stereocenters. The highest BCUT2D eigenvalue weighted by Gasteiger charge is 2.28. The molecule has 152 valence electrons. The molecule has 0 N–H and O–H groups in total. The Morgan fingerprint density at radius 3 is 1.71 bits per heavy atom. The Kier molecular flexibility index (Phi) is 10.4. The first kappa shape index (κ1) is 23.8. The highest BCUT2D eigenvalue weighted by atomic mass is 16.7. The van der Waals surface area contributed by atoms with Gasteiger partial charge in [-0.05, 0) is 38.8 Å². The number of carbonyl (C=O) groups excluding carboxylic acids is 1. The van der Waals surface area contributed by atoms with Crippen LogP contribution in [0.2, 0.25) is 0 Å². The van der Waals surface area contributed by atoms with Crippen molar-refractivity contribution in [1.82, 2.24) is 0 Å². The molecule has 0 aliphatic carbocycles. The second kappa shape index (κ2) is 12.3. The minimum absolute atomic E-state index is 0.0893. The largest absolute Gasteiger partial charge is 0.348 e. The van der Waals surface area contributed by atoms with Crippen molar-refractivity contribution in [1.29, 1.82) is 0 Å². The second-order valence-corrected chi connectivity index (χ2v) is 7.98. The van der Waals surface area contributed by atoms with Crippen LogP contribution in [0.5, 0.6) is 0 Å². The Labute approximate surface area is 170 Å². The molecule has 0 spiro atoms. The van der Waals surface area contributed by atoms with Crippen molar-refractivity contribution < 1.29 is 14.3 Å². The molecule has 28 heavy (non-hydrogen) atoms. The third kappa shape index (κ3) is 10.2. The van der Waals surface area contributed by atoms with E-state index in [-0.39, 0.29) is 11.7 Å². The summed E-state index contributed by atoms with van der Waals surface area (Å²) in [4.78, 5) is 10.5. The first-order chi connectivity index (χ1) is 13.2. The average Bonchev–Trinajstić information content (AvgIpc) is 2.64. The average molecular weight is 383 g/mol. The summed E-state index contributed by atoms with van der Waals surface area (Å²) in [5.41, 5.74) is 4.13. The van der Waals surface area contributed by atoms with E-state index in [4.69, 9.17) is 9.47 Å². The van der Waals surface area contributed by atoms with Crippen LogP contribution in [-0.2, 0) is 14.3 Å². The van der Waals surface area contributed by atoms with Crippen LogP contribution in [0.3, 0.4) is 0 Å². The molecule has 0 aromatic heterocycles. The van der Waals surface area contributed by atoms with Crippen LogP contribution in [0.25, 0.3) is 0 Å². The highest BCUT2D eigenvalue weighted by Crippen LogP contribution is 2.25. The van der Waals surface area contributed by atoms with Crippen LogP contribution < -0.4 is 0 Å². The van der Waals surface area contributed by atoms with E-state index in [1.807, 2.05) is 56.4 Å². The summed E-state index contributed by atoms with van der Waals surface area (Å²) >= 11 is 0. The maximum atomic E-state index is 10.5. The zero-order valence-electron chi connectivity index (χ0n) is 18.1. The maximum Gasteiger partial charge on any atom is 0.179 e. The molecule has 0 aromatic carbocycles. The first-order valence-corrected chi connectivity index (χ1v) is 9.63. The van der Waals surface area contributed by atoms with Crippen molar-refractivity contribution in [3.8, 4) is 0 Å². The lowest BCUT2D eigenvalue weighted by Crippen LogP contribution is -2.38. The maximum absolute atomic E-state index is 10.5. The molecule has 3 nitrogen and oxygen atoms in total. The van der Waals surface area contributed by atoms with Crippen LogP contribution in [0.4, 0.5) is 0 Å². The van der Waals surface area contributed by atoms with Gasteiger partial charge in [0.25, 0.3) is 0 Å². The van der Waals surface area contributed by atoms with Crippen LogP contribution >= 0.6 is 0 Å². The molecule has 0 bridgehead atoms. The van der Waals surface area contributed by atoms with Gasteiger partial charge in [-0.3, -0.25) is 4.79 Å². The topological polar surface area (TPSA) is 35.5 Å². The number of ether oxygens (including phenoxy) is 2. The predicted octanol–water partition coefficient (Wildman–Crippen LogP) is 6.04. The standard InChI is InChI=1S/C25H34O3/c1-20(13-9-15-22(3)17-26)11-7-8-12-21(2)14-10-16-23(4)24-27-18-25(5,6)19-28-24/h7-17,24H,18-19H2,1-6H3/b8-7+,13-9+,14-10+,20-11+,21-12+,22-15+,23-16-. The van der Waals surface area contributed by atoms with Gasteiger partial charge in [0.15, 0.2) is 6.29 Å². The van der Waals surface area contributed by atoms with Crippen molar-refractivity contribution in [2.45, 2.75) is 47.8 Å². The van der Waals surface area contributed by atoms with Crippen molar-refractivity contribution in [3.05, 3.63) is 83.1 Å². The quantitative estimate of drug-likeness (QED) is 0.292. The van der Waals surface area contributed by atoms with Gasteiger partial charge in [-0.1, -0.05) is 85.8 Å². The Bertz CT molecular complexity index is 715. The fourth-order valence-electron chi connectivity index (χ4n) is 2.30. The van der Waals surface area contributed by atoms with Crippen molar-refractivity contribution in [3.63, 3.8) is 0 Å². The molecule has 3 heteroatoms. The minimum atomic E-state index is -0.242. The van der Waals surface area contributed by atoms with E-state index in [0.717, 1.165) is 23.0 Å². The smallest absolute Gasteiger partial charge is 0.179 e.